The Balaban J connectivity index is 1.89. The molecule has 5 nitrogen and oxygen atoms in total. The molecular formula is C14H17NO4. The molecule has 0 aliphatic rings. The fourth-order valence-electron chi connectivity index (χ4n) is 1.89. The molecule has 0 saturated carbocycles. The van der Waals surface area contributed by atoms with E-state index >= 15 is 0 Å². The number of carbonyl (C=O) groups excluding carboxylic acids is 1. The highest BCUT2D eigenvalue weighted by Crippen LogP contribution is 2.18. The Hall–Kier alpha value is -2.01. The van der Waals surface area contributed by atoms with Crippen molar-refractivity contribution in [3.05, 3.63) is 47.8 Å². The highest BCUT2D eigenvalue weighted by atomic mass is 16.4. The van der Waals surface area contributed by atoms with E-state index in [1.54, 1.807) is 25.1 Å². The van der Waals surface area contributed by atoms with Crippen molar-refractivity contribution in [2.75, 3.05) is 0 Å². The quantitative estimate of drug-likeness (QED) is 0.868. The number of amides is 1. The maximum atomic E-state index is 11.9. The van der Waals surface area contributed by atoms with Crippen molar-refractivity contribution in [3.8, 4) is 0 Å². The molecule has 0 radical (unpaired) electrons. The van der Waals surface area contributed by atoms with Crippen molar-refractivity contribution in [3.63, 3.8) is 0 Å². The van der Waals surface area contributed by atoms with Gasteiger partial charge in [0.05, 0.1) is 12.5 Å². The monoisotopic (exact) mass is 263 g/mol. The summed E-state index contributed by atoms with van der Waals surface area (Å²) in [5, 5.41) is 12.7. The van der Waals surface area contributed by atoms with Crippen molar-refractivity contribution < 1.29 is 18.7 Å². The van der Waals surface area contributed by atoms with Crippen LogP contribution in [0.25, 0.3) is 0 Å². The summed E-state index contributed by atoms with van der Waals surface area (Å²) in [5.41, 5.74) is 0.788. The number of aliphatic hydroxyl groups excluding tert-OH is 1. The van der Waals surface area contributed by atoms with Gasteiger partial charge >= 0.3 is 0 Å². The molecule has 5 heteroatoms. The minimum Gasteiger partial charge on any atom is -0.467 e. The van der Waals surface area contributed by atoms with Gasteiger partial charge in [-0.2, -0.15) is 0 Å². The normalized spacial score (nSPS) is 14.1. The summed E-state index contributed by atoms with van der Waals surface area (Å²) < 4.78 is 10.2. The second kappa shape index (κ2) is 5.75. The predicted molar refractivity (Wildman–Crippen MR) is 68.7 cm³/mol. The topological polar surface area (TPSA) is 75.6 Å². The molecule has 0 fully saturated rings. The highest BCUT2D eigenvalue weighted by Gasteiger charge is 2.19. The van der Waals surface area contributed by atoms with Gasteiger partial charge in [-0.15, -0.1) is 0 Å². The third-order valence-corrected chi connectivity index (χ3v) is 2.89. The van der Waals surface area contributed by atoms with E-state index < -0.39 is 6.10 Å². The summed E-state index contributed by atoms with van der Waals surface area (Å²) in [4.78, 5) is 11.9. The second-order valence-corrected chi connectivity index (χ2v) is 4.57. The van der Waals surface area contributed by atoms with Gasteiger partial charge in [0.1, 0.15) is 11.9 Å². The highest BCUT2D eigenvalue weighted by molar-refractivity contribution is 5.92. The van der Waals surface area contributed by atoms with Crippen molar-refractivity contribution >= 4 is 5.91 Å². The van der Waals surface area contributed by atoms with Gasteiger partial charge in [-0.25, -0.2) is 0 Å². The van der Waals surface area contributed by atoms with E-state index in [2.05, 4.69) is 5.32 Å². The Morgan fingerprint density at radius 1 is 1.37 bits per heavy atom. The third kappa shape index (κ3) is 3.26. The third-order valence-electron chi connectivity index (χ3n) is 2.89. The largest absolute Gasteiger partial charge is 0.467 e. The van der Waals surface area contributed by atoms with Crippen LogP contribution in [0.4, 0.5) is 0 Å². The molecule has 2 heterocycles. The molecule has 2 aromatic heterocycles. The van der Waals surface area contributed by atoms with Gasteiger partial charge in [-0.1, -0.05) is 0 Å². The minimum absolute atomic E-state index is 0.197. The zero-order valence-electron chi connectivity index (χ0n) is 10.9. The Morgan fingerprint density at radius 2 is 2.16 bits per heavy atom. The number of furan rings is 2. The van der Waals surface area contributed by atoms with Crippen molar-refractivity contribution in [1.82, 2.24) is 5.32 Å². The molecule has 102 valence electrons. The zero-order chi connectivity index (χ0) is 13.8. The minimum atomic E-state index is -0.733. The van der Waals surface area contributed by atoms with E-state index in [0.29, 0.717) is 17.9 Å². The van der Waals surface area contributed by atoms with Gasteiger partial charge in [0.2, 0.25) is 0 Å². The molecule has 0 aromatic carbocycles. The first-order chi connectivity index (χ1) is 9.08. The van der Waals surface area contributed by atoms with Crippen LogP contribution in [0.3, 0.4) is 0 Å². The SMILES string of the molecule is Cc1ccoc1C(=O)NC(C)CC(O)c1ccco1. The van der Waals surface area contributed by atoms with E-state index in [1.165, 1.54) is 12.5 Å². The van der Waals surface area contributed by atoms with Crippen LogP contribution in [0.2, 0.25) is 0 Å². The van der Waals surface area contributed by atoms with E-state index in [-0.39, 0.29) is 11.9 Å². The first kappa shape index (κ1) is 13.4. The lowest BCUT2D eigenvalue weighted by atomic mass is 10.1. The van der Waals surface area contributed by atoms with Crippen LogP contribution in [-0.2, 0) is 0 Å². The van der Waals surface area contributed by atoms with Crippen LogP contribution in [0.15, 0.2) is 39.6 Å². The van der Waals surface area contributed by atoms with Gasteiger partial charge in [-0.05, 0) is 32.0 Å². The molecule has 2 unspecified atom stereocenters. The number of hydrogen-bond donors (Lipinski definition) is 2. The first-order valence-corrected chi connectivity index (χ1v) is 6.14. The molecule has 0 bridgehead atoms. The Kier molecular flexibility index (Phi) is 4.06. The average Bonchev–Trinajstić information content (AvgIpc) is 2.98. The zero-order valence-corrected chi connectivity index (χ0v) is 10.9. The van der Waals surface area contributed by atoms with Crippen molar-refractivity contribution in [2.45, 2.75) is 32.4 Å². The van der Waals surface area contributed by atoms with Gasteiger partial charge in [0, 0.05) is 18.0 Å². The molecule has 1 amide bonds. The number of nitrogens with one attached hydrogen (secondary N) is 1. The summed E-state index contributed by atoms with van der Waals surface area (Å²) >= 11 is 0. The fourth-order valence-corrected chi connectivity index (χ4v) is 1.89. The predicted octanol–water partition coefficient (Wildman–Crippen LogP) is 2.42. The van der Waals surface area contributed by atoms with Gasteiger partial charge < -0.3 is 19.3 Å². The standard InChI is InChI=1S/C14H17NO4/c1-9-5-7-19-13(9)14(17)15-10(2)8-11(16)12-4-3-6-18-12/h3-7,10-11,16H,8H2,1-2H3,(H,15,17). The number of carbonyl (C=O) groups is 1. The first-order valence-electron chi connectivity index (χ1n) is 6.14. The van der Waals surface area contributed by atoms with Gasteiger partial charge in [-0.3, -0.25) is 4.79 Å². The molecule has 2 rings (SSSR count). The molecule has 0 saturated heterocycles. The Morgan fingerprint density at radius 3 is 2.74 bits per heavy atom. The van der Waals surface area contributed by atoms with Crippen LogP contribution in [0.5, 0.6) is 0 Å². The maximum Gasteiger partial charge on any atom is 0.287 e. The molecule has 0 aliphatic heterocycles. The maximum absolute atomic E-state index is 11.9. The van der Waals surface area contributed by atoms with Crippen molar-refractivity contribution in [1.29, 1.82) is 0 Å². The van der Waals surface area contributed by atoms with E-state index in [9.17, 15) is 9.90 Å². The van der Waals surface area contributed by atoms with Crippen LogP contribution in [0, 0.1) is 6.92 Å². The molecule has 2 N–H and O–H groups in total. The molecule has 2 aromatic rings. The number of rotatable bonds is 5. The van der Waals surface area contributed by atoms with E-state index in [1.807, 2.05) is 6.92 Å². The lowest BCUT2D eigenvalue weighted by molar-refractivity contribution is 0.0875. The lowest BCUT2D eigenvalue weighted by Crippen LogP contribution is -2.33. The lowest BCUT2D eigenvalue weighted by Gasteiger charge is -2.16. The van der Waals surface area contributed by atoms with Gasteiger partial charge in [0.15, 0.2) is 5.76 Å². The summed E-state index contributed by atoms with van der Waals surface area (Å²) in [7, 11) is 0. The number of aryl methyl sites for hydroxylation is 1. The summed E-state index contributed by atoms with van der Waals surface area (Å²) in [5.74, 6) is 0.524. The fraction of sp³-hybridized carbons (Fsp3) is 0.357. The average molecular weight is 263 g/mol. The van der Waals surface area contributed by atoms with Gasteiger partial charge in [0.25, 0.3) is 5.91 Å². The molecule has 2 atom stereocenters. The molecule has 0 spiro atoms. The molecular weight excluding hydrogens is 246 g/mol. The summed E-state index contributed by atoms with van der Waals surface area (Å²) in [6.45, 7) is 3.63. The number of aliphatic hydroxyl groups is 1. The number of hydrogen-bond acceptors (Lipinski definition) is 4. The van der Waals surface area contributed by atoms with Crippen molar-refractivity contribution in [2.24, 2.45) is 0 Å². The van der Waals surface area contributed by atoms with E-state index in [0.717, 1.165) is 5.56 Å². The smallest absolute Gasteiger partial charge is 0.287 e. The molecule has 0 aliphatic carbocycles. The van der Waals surface area contributed by atoms with Crippen LogP contribution in [-0.4, -0.2) is 17.1 Å². The second-order valence-electron chi connectivity index (χ2n) is 4.57. The van der Waals surface area contributed by atoms with Crippen LogP contribution >= 0.6 is 0 Å². The van der Waals surface area contributed by atoms with Crippen LogP contribution < -0.4 is 5.32 Å². The Bertz CT molecular complexity index is 529. The van der Waals surface area contributed by atoms with Crippen LogP contribution in [0.1, 0.15) is 41.3 Å². The Labute approximate surface area is 111 Å². The molecule has 19 heavy (non-hydrogen) atoms. The summed E-state index contributed by atoms with van der Waals surface area (Å²) in [6, 6.07) is 4.96. The van der Waals surface area contributed by atoms with E-state index in [4.69, 9.17) is 8.83 Å². The summed E-state index contributed by atoms with van der Waals surface area (Å²) in [6.07, 6.45) is 2.63.